The Kier molecular flexibility index (Phi) is 4.34. The van der Waals surface area contributed by atoms with E-state index >= 15 is 0 Å². The third-order valence-corrected chi connectivity index (χ3v) is 5.03. The van der Waals surface area contributed by atoms with Gasteiger partial charge in [0.2, 0.25) is 0 Å². The minimum absolute atomic E-state index is 0.512. The molecule has 0 unspecified atom stereocenters. The number of halogens is 3. The van der Waals surface area contributed by atoms with Crippen LogP contribution in [-0.2, 0) is 6.54 Å². The highest BCUT2D eigenvalue weighted by Gasteiger charge is 2.09. The lowest BCUT2D eigenvalue weighted by atomic mass is 10.1. The largest absolute Gasteiger partial charge is 0.380 e. The van der Waals surface area contributed by atoms with E-state index in [1.54, 1.807) is 0 Å². The van der Waals surface area contributed by atoms with E-state index in [0.29, 0.717) is 16.6 Å². The van der Waals surface area contributed by atoms with Crippen molar-refractivity contribution in [1.82, 2.24) is 4.98 Å². The van der Waals surface area contributed by atoms with Crippen LogP contribution < -0.4 is 5.32 Å². The molecule has 0 fully saturated rings. The zero-order valence-electron chi connectivity index (χ0n) is 10.9. The highest BCUT2D eigenvalue weighted by Crippen LogP contribution is 2.36. The highest BCUT2D eigenvalue weighted by molar-refractivity contribution is 9.10. The van der Waals surface area contributed by atoms with E-state index in [0.717, 1.165) is 21.1 Å². The van der Waals surface area contributed by atoms with Gasteiger partial charge in [-0.1, -0.05) is 47.5 Å². The van der Waals surface area contributed by atoms with Crippen LogP contribution in [0, 0.1) is 0 Å². The third kappa shape index (κ3) is 3.00. The van der Waals surface area contributed by atoms with Crippen LogP contribution in [0.25, 0.3) is 10.8 Å². The molecule has 0 spiro atoms. The molecular formula is C16H11BrCl2N2. The lowest BCUT2D eigenvalue weighted by Gasteiger charge is -2.11. The average Bonchev–Trinajstić information content (AvgIpc) is 2.52. The molecule has 1 N–H and O–H groups in total. The molecule has 0 aliphatic carbocycles. The second-order valence-electron chi connectivity index (χ2n) is 4.60. The number of nitrogens with zero attached hydrogens (tertiary/aromatic N) is 1. The van der Waals surface area contributed by atoms with E-state index in [9.17, 15) is 0 Å². The fourth-order valence-corrected chi connectivity index (χ4v) is 3.01. The van der Waals surface area contributed by atoms with Crippen molar-refractivity contribution in [1.29, 1.82) is 0 Å². The number of anilines is 1. The van der Waals surface area contributed by atoms with Gasteiger partial charge >= 0.3 is 0 Å². The lowest BCUT2D eigenvalue weighted by molar-refractivity contribution is 1.14. The first-order valence-electron chi connectivity index (χ1n) is 6.36. The Morgan fingerprint density at radius 2 is 1.81 bits per heavy atom. The van der Waals surface area contributed by atoms with Gasteiger partial charge in [0, 0.05) is 28.8 Å². The molecule has 1 aromatic heterocycles. The number of pyridine rings is 1. The van der Waals surface area contributed by atoms with Gasteiger partial charge < -0.3 is 5.32 Å². The summed E-state index contributed by atoms with van der Waals surface area (Å²) < 4.78 is 0.784. The second-order valence-corrected chi connectivity index (χ2v) is 6.21. The van der Waals surface area contributed by atoms with E-state index in [1.807, 2.05) is 36.7 Å². The van der Waals surface area contributed by atoms with Gasteiger partial charge in [-0.3, -0.25) is 4.98 Å². The highest BCUT2D eigenvalue weighted by atomic mass is 79.9. The Balaban J connectivity index is 1.89. The summed E-state index contributed by atoms with van der Waals surface area (Å²) in [5.41, 5.74) is 1.92. The van der Waals surface area contributed by atoms with Gasteiger partial charge in [-0.25, -0.2) is 0 Å². The fourth-order valence-electron chi connectivity index (χ4n) is 2.17. The smallest absolute Gasteiger partial charge is 0.0835 e. The first-order chi connectivity index (χ1) is 10.2. The maximum absolute atomic E-state index is 6.24. The molecular weight excluding hydrogens is 371 g/mol. The maximum Gasteiger partial charge on any atom is 0.0835 e. The average molecular weight is 382 g/mol. The van der Waals surface area contributed by atoms with Crippen molar-refractivity contribution >= 4 is 55.6 Å². The number of nitrogens with one attached hydrogen (secondary N) is 1. The van der Waals surface area contributed by atoms with Crippen LogP contribution in [0.1, 0.15) is 5.56 Å². The number of rotatable bonds is 3. The molecule has 2 aromatic carbocycles. The van der Waals surface area contributed by atoms with Gasteiger partial charge in [-0.15, -0.1) is 0 Å². The summed E-state index contributed by atoms with van der Waals surface area (Å²) >= 11 is 15.7. The number of hydrogen-bond donors (Lipinski definition) is 1. The topological polar surface area (TPSA) is 24.9 Å². The summed E-state index contributed by atoms with van der Waals surface area (Å²) in [5.74, 6) is 0. The minimum atomic E-state index is 0.512. The Morgan fingerprint density at radius 3 is 2.67 bits per heavy atom. The van der Waals surface area contributed by atoms with Crippen molar-refractivity contribution in [3.05, 3.63) is 68.9 Å². The molecule has 0 aliphatic rings. The summed E-state index contributed by atoms with van der Waals surface area (Å²) in [4.78, 5) is 4.27. The van der Waals surface area contributed by atoms with Gasteiger partial charge in [0.05, 0.1) is 15.7 Å². The standard InChI is InChI=1S/C16H11BrCl2N2/c17-13-5-6-14(16(19)15(13)18)21-9-11-8-20-7-10-3-1-2-4-12(10)11/h1-8,21H,9H2. The minimum Gasteiger partial charge on any atom is -0.380 e. The van der Waals surface area contributed by atoms with Crippen LogP contribution in [0.4, 0.5) is 5.69 Å². The predicted octanol–water partition coefficient (Wildman–Crippen LogP) is 5.92. The first kappa shape index (κ1) is 14.6. The molecule has 0 saturated heterocycles. The van der Waals surface area contributed by atoms with Crippen LogP contribution in [0.5, 0.6) is 0 Å². The van der Waals surface area contributed by atoms with Crippen LogP contribution in [0.2, 0.25) is 10.0 Å². The molecule has 1 heterocycles. The van der Waals surface area contributed by atoms with E-state index in [2.05, 4.69) is 38.4 Å². The van der Waals surface area contributed by atoms with Crippen LogP contribution >= 0.6 is 39.1 Å². The predicted molar refractivity (Wildman–Crippen MR) is 93.2 cm³/mol. The molecule has 106 valence electrons. The Labute approximate surface area is 141 Å². The molecule has 0 bridgehead atoms. The molecule has 3 aromatic rings. The number of benzene rings is 2. The molecule has 0 saturated carbocycles. The molecule has 3 rings (SSSR count). The Morgan fingerprint density at radius 1 is 1.00 bits per heavy atom. The van der Waals surface area contributed by atoms with E-state index in [4.69, 9.17) is 23.2 Å². The van der Waals surface area contributed by atoms with Crippen molar-refractivity contribution in [2.45, 2.75) is 6.54 Å². The van der Waals surface area contributed by atoms with Gasteiger partial charge in [0.15, 0.2) is 0 Å². The van der Waals surface area contributed by atoms with E-state index in [-0.39, 0.29) is 0 Å². The molecule has 0 aliphatic heterocycles. The third-order valence-electron chi connectivity index (χ3n) is 3.26. The zero-order chi connectivity index (χ0) is 14.8. The first-order valence-corrected chi connectivity index (χ1v) is 7.90. The fraction of sp³-hybridized carbons (Fsp3) is 0.0625. The summed E-state index contributed by atoms with van der Waals surface area (Å²) in [6.07, 6.45) is 3.73. The molecule has 21 heavy (non-hydrogen) atoms. The Hall–Kier alpha value is -1.29. The van der Waals surface area contributed by atoms with Gasteiger partial charge in [-0.05, 0) is 39.0 Å². The second kappa shape index (κ2) is 6.22. The van der Waals surface area contributed by atoms with Gasteiger partial charge in [0.1, 0.15) is 0 Å². The summed E-state index contributed by atoms with van der Waals surface area (Å²) in [7, 11) is 0. The van der Waals surface area contributed by atoms with Crippen molar-refractivity contribution in [2.24, 2.45) is 0 Å². The maximum atomic E-state index is 6.24. The van der Waals surface area contributed by atoms with E-state index < -0.39 is 0 Å². The number of hydrogen-bond acceptors (Lipinski definition) is 2. The number of aromatic nitrogens is 1. The SMILES string of the molecule is Clc1c(Br)ccc(NCc2cncc3ccccc23)c1Cl. The summed E-state index contributed by atoms with van der Waals surface area (Å²) in [6, 6.07) is 11.9. The molecule has 0 atom stereocenters. The normalized spacial score (nSPS) is 10.8. The monoisotopic (exact) mass is 380 g/mol. The molecule has 5 heteroatoms. The lowest BCUT2D eigenvalue weighted by Crippen LogP contribution is -2.01. The molecule has 0 amide bonds. The van der Waals surface area contributed by atoms with Crippen molar-refractivity contribution in [2.75, 3.05) is 5.32 Å². The van der Waals surface area contributed by atoms with Crippen molar-refractivity contribution in [3.63, 3.8) is 0 Å². The van der Waals surface area contributed by atoms with Gasteiger partial charge in [0.25, 0.3) is 0 Å². The van der Waals surface area contributed by atoms with E-state index in [1.165, 1.54) is 5.39 Å². The Bertz CT molecular complexity index is 800. The van der Waals surface area contributed by atoms with Crippen molar-refractivity contribution in [3.8, 4) is 0 Å². The summed E-state index contributed by atoms with van der Waals surface area (Å²) in [5, 5.41) is 6.64. The van der Waals surface area contributed by atoms with Gasteiger partial charge in [-0.2, -0.15) is 0 Å². The molecule has 2 nitrogen and oxygen atoms in total. The zero-order valence-corrected chi connectivity index (χ0v) is 14.0. The van der Waals surface area contributed by atoms with Crippen LogP contribution in [0.3, 0.4) is 0 Å². The quantitative estimate of drug-likeness (QED) is 0.570. The van der Waals surface area contributed by atoms with Crippen molar-refractivity contribution < 1.29 is 0 Å². The summed E-state index contributed by atoms with van der Waals surface area (Å²) in [6.45, 7) is 0.631. The van der Waals surface area contributed by atoms with Crippen LogP contribution in [0.15, 0.2) is 53.3 Å². The van der Waals surface area contributed by atoms with Crippen LogP contribution in [-0.4, -0.2) is 4.98 Å². The number of fused-ring (bicyclic) bond motifs is 1. The molecule has 0 radical (unpaired) electrons.